The first-order valence-corrected chi connectivity index (χ1v) is 4.97. The van der Waals surface area contributed by atoms with E-state index < -0.39 is 0 Å². The SMILES string of the molecule is COCCNCc1occ2c1OCCO2. The third-order valence-electron chi connectivity index (χ3n) is 2.14. The predicted octanol–water partition coefficient (Wildman–Crippen LogP) is 0.787. The fraction of sp³-hybridized carbons (Fsp3) is 0.600. The highest BCUT2D eigenvalue weighted by molar-refractivity contribution is 5.42. The summed E-state index contributed by atoms with van der Waals surface area (Å²) in [6, 6.07) is 0. The van der Waals surface area contributed by atoms with Crippen molar-refractivity contribution < 1.29 is 18.6 Å². The second-order valence-electron chi connectivity index (χ2n) is 3.22. The Labute approximate surface area is 88.3 Å². The third-order valence-corrected chi connectivity index (χ3v) is 2.14. The van der Waals surface area contributed by atoms with E-state index in [2.05, 4.69) is 5.32 Å². The molecule has 2 rings (SSSR count). The highest BCUT2D eigenvalue weighted by atomic mass is 16.6. The highest BCUT2D eigenvalue weighted by Crippen LogP contribution is 2.35. The summed E-state index contributed by atoms with van der Waals surface area (Å²) in [6.07, 6.45) is 1.59. The largest absolute Gasteiger partial charge is 0.483 e. The lowest BCUT2D eigenvalue weighted by atomic mass is 10.3. The fourth-order valence-corrected chi connectivity index (χ4v) is 1.41. The summed E-state index contributed by atoms with van der Waals surface area (Å²) in [6.45, 7) is 3.26. The molecule has 1 aromatic heterocycles. The van der Waals surface area contributed by atoms with E-state index in [1.807, 2.05) is 0 Å². The van der Waals surface area contributed by atoms with Crippen molar-refractivity contribution >= 4 is 0 Å². The number of rotatable bonds is 5. The second-order valence-corrected chi connectivity index (χ2v) is 3.22. The molecule has 1 aliphatic heterocycles. The van der Waals surface area contributed by atoms with Crippen molar-refractivity contribution in [2.45, 2.75) is 6.54 Å². The summed E-state index contributed by atoms with van der Waals surface area (Å²) in [5, 5.41) is 3.18. The van der Waals surface area contributed by atoms with Crippen LogP contribution in [-0.2, 0) is 11.3 Å². The average Bonchev–Trinajstić information content (AvgIpc) is 2.68. The summed E-state index contributed by atoms with van der Waals surface area (Å²) in [5.74, 6) is 2.21. The molecule has 0 unspecified atom stereocenters. The van der Waals surface area contributed by atoms with Gasteiger partial charge in [-0.3, -0.25) is 0 Å². The monoisotopic (exact) mass is 213 g/mol. The van der Waals surface area contributed by atoms with Gasteiger partial charge in [0.1, 0.15) is 19.5 Å². The lowest BCUT2D eigenvalue weighted by molar-refractivity contribution is 0.171. The maximum absolute atomic E-state index is 5.46. The van der Waals surface area contributed by atoms with Crippen LogP contribution in [0.15, 0.2) is 10.7 Å². The van der Waals surface area contributed by atoms with Gasteiger partial charge >= 0.3 is 0 Å². The van der Waals surface area contributed by atoms with Crippen LogP contribution >= 0.6 is 0 Å². The van der Waals surface area contributed by atoms with E-state index in [-0.39, 0.29) is 0 Å². The van der Waals surface area contributed by atoms with Gasteiger partial charge in [0.15, 0.2) is 11.5 Å². The maximum Gasteiger partial charge on any atom is 0.204 e. The number of nitrogens with one attached hydrogen (secondary N) is 1. The smallest absolute Gasteiger partial charge is 0.204 e. The van der Waals surface area contributed by atoms with Crippen molar-refractivity contribution in [1.29, 1.82) is 0 Å². The molecule has 5 heteroatoms. The Kier molecular flexibility index (Phi) is 3.47. The molecule has 0 radical (unpaired) electrons. The van der Waals surface area contributed by atoms with Gasteiger partial charge in [0.25, 0.3) is 0 Å². The third kappa shape index (κ3) is 2.43. The number of hydrogen-bond donors (Lipinski definition) is 1. The molecule has 0 saturated heterocycles. The molecule has 15 heavy (non-hydrogen) atoms. The Balaban J connectivity index is 1.88. The Hall–Kier alpha value is -1.20. The summed E-state index contributed by atoms with van der Waals surface area (Å²) >= 11 is 0. The van der Waals surface area contributed by atoms with Crippen LogP contribution in [0.4, 0.5) is 0 Å². The molecule has 0 amide bonds. The molecule has 1 N–H and O–H groups in total. The van der Waals surface area contributed by atoms with Gasteiger partial charge in [0.2, 0.25) is 5.75 Å². The van der Waals surface area contributed by atoms with Crippen molar-refractivity contribution in [3.05, 3.63) is 12.0 Å². The van der Waals surface area contributed by atoms with Gasteiger partial charge in [-0.05, 0) is 0 Å². The Morgan fingerprint density at radius 2 is 2.27 bits per heavy atom. The normalized spacial score (nSPS) is 14.2. The minimum atomic E-state index is 0.581. The molecule has 0 aromatic carbocycles. The van der Waals surface area contributed by atoms with Crippen LogP contribution in [0.5, 0.6) is 11.5 Å². The molecule has 0 spiro atoms. The van der Waals surface area contributed by atoms with Crippen LogP contribution in [0.1, 0.15) is 5.76 Å². The zero-order valence-electron chi connectivity index (χ0n) is 8.75. The van der Waals surface area contributed by atoms with Crippen molar-refractivity contribution in [3.63, 3.8) is 0 Å². The lowest BCUT2D eigenvalue weighted by Gasteiger charge is -2.14. The van der Waals surface area contributed by atoms with Crippen LogP contribution in [-0.4, -0.2) is 33.5 Å². The van der Waals surface area contributed by atoms with E-state index in [1.54, 1.807) is 13.4 Å². The summed E-state index contributed by atoms with van der Waals surface area (Å²) in [4.78, 5) is 0. The highest BCUT2D eigenvalue weighted by Gasteiger charge is 2.19. The van der Waals surface area contributed by atoms with Gasteiger partial charge in [-0.1, -0.05) is 0 Å². The van der Waals surface area contributed by atoms with E-state index in [0.717, 1.165) is 18.1 Å². The Morgan fingerprint density at radius 1 is 1.40 bits per heavy atom. The predicted molar refractivity (Wildman–Crippen MR) is 53.3 cm³/mol. The van der Waals surface area contributed by atoms with Crippen LogP contribution in [0.3, 0.4) is 0 Å². The van der Waals surface area contributed by atoms with Crippen LogP contribution in [0.2, 0.25) is 0 Å². The van der Waals surface area contributed by atoms with Crippen LogP contribution in [0.25, 0.3) is 0 Å². The average molecular weight is 213 g/mol. The van der Waals surface area contributed by atoms with Crippen LogP contribution < -0.4 is 14.8 Å². The minimum absolute atomic E-state index is 0.581. The van der Waals surface area contributed by atoms with E-state index in [9.17, 15) is 0 Å². The van der Waals surface area contributed by atoms with Gasteiger partial charge in [0, 0.05) is 13.7 Å². The zero-order chi connectivity index (χ0) is 10.5. The number of methoxy groups -OCH3 is 1. The number of hydrogen-bond acceptors (Lipinski definition) is 5. The van der Waals surface area contributed by atoms with Gasteiger partial charge in [-0.25, -0.2) is 0 Å². The molecule has 84 valence electrons. The first-order valence-electron chi connectivity index (χ1n) is 4.97. The van der Waals surface area contributed by atoms with Crippen molar-refractivity contribution in [3.8, 4) is 11.5 Å². The molecule has 0 aliphatic carbocycles. The van der Waals surface area contributed by atoms with Crippen molar-refractivity contribution in [2.24, 2.45) is 0 Å². The van der Waals surface area contributed by atoms with E-state index in [0.29, 0.717) is 32.1 Å². The van der Waals surface area contributed by atoms with Crippen molar-refractivity contribution in [2.75, 3.05) is 33.5 Å². The molecule has 0 bridgehead atoms. The van der Waals surface area contributed by atoms with E-state index >= 15 is 0 Å². The number of furan rings is 1. The molecule has 0 atom stereocenters. The Morgan fingerprint density at radius 3 is 3.13 bits per heavy atom. The molecule has 2 heterocycles. The first-order chi connectivity index (χ1) is 7.42. The summed E-state index contributed by atoms with van der Waals surface area (Å²) in [7, 11) is 1.67. The van der Waals surface area contributed by atoms with Crippen molar-refractivity contribution in [1.82, 2.24) is 5.32 Å². The molecule has 0 fully saturated rings. The molecule has 1 aliphatic rings. The standard InChI is InChI=1S/C10H15NO4/c1-12-3-2-11-6-8-10-9(7-15-8)13-4-5-14-10/h7,11H,2-6H2,1H3. The molecule has 5 nitrogen and oxygen atoms in total. The lowest BCUT2D eigenvalue weighted by Crippen LogP contribution is -2.20. The number of fused-ring (bicyclic) bond motifs is 1. The number of ether oxygens (including phenoxy) is 3. The van der Waals surface area contributed by atoms with Gasteiger partial charge in [0.05, 0.1) is 13.2 Å². The van der Waals surface area contributed by atoms with E-state index in [4.69, 9.17) is 18.6 Å². The first kappa shape index (κ1) is 10.3. The quantitative estimate of drug-likeness (QED) is 0.733. The molecular formula is C10H15NO4. The van der Waals surface area contributed by atoms with Gasteiger partial charge in [-0.2, -0.15) is 0 Å². The van der Waals surface area contributed by atoms with Gasteiger partial charge in [-0.15, -0.1) is 0 Å². The molecular weight excluding hydrogens is 198 g/mol. The van der Waals surface area contributed by atoms with Crippen LogP contribution in [0, 0.1) is 0 Å². The maximum atomic E-state index is 5.46. The Bertz CT molecular complexity index is 310. The fourth-order valence-electron chi connectivity index (χ4n) is 1.41. The molecule has 1 aromatic rings. The van der Waals surface area contributed by atoms with E-state index in [1.165, 1.54) is 0 Å². The molecule has 0 saturated carbocycles. The summed E-state index contributed by atoms with van der Waals surface area (Å²) < 4.78 is 21.1. The second kappa shape index (κ2) is 5.04. The zero-order valence-corrected chi connectivity index (χ0v) is 8.75. The summed E-state index contributed by atoms with van der Waals surface area (Å²) in [5.41, 5.74) is 0. The topological polar surface area (TPSA) is 52.9 Å². The minimum Gasteiger partial charge on any atom is -0.483 e. The van der Waals surface area contributed by atoms with Gasteiger partial charge < -0.3 is 23.9 Å².